The lowest BCUT2D eigenvalue weighted by Gasteiger charge is -2.08. The maximum Gasteiger partial charge on any atom is 0.416 e. The number of nitrogens with one attached hydrogen (secondary N) is 1. The van der Waals surface area contributed by atoms with E-state index in [0.29, 0.717) is 5.69 Å². The van der Waals surface area contributed by atoms with E-state index in [4.69, 9.17) is 11.6 Å². The Morgan fingerprint density at radius 2 is 2.05 bits per heavy atom. The van der Waals surface area contributed by atoms with Crippen LogP contribution in [-0.4, -0.2) is 10.9 Å². The molecule has 22 heavy (non-hydrogen) atoms. The van der Waals surface area contributed by atoms with E-state index >= 15 is 0 Å². The van der Waals surface area contributed by atoms with Gasteiger partial charge < -0.3 is 5.32 Å². The van der Waals surface area contributed by atoms with Crippen molar-refractivity contribution in [2.24, 2.45) is 0 Å². The second kappa shape index (κ2) is 6.62. The number of hydrogen-bond donors (Lipinski definition) is 1. The molecule has 114 valence electrons. The van der Waals surface area contributed by atoms with Crippen LogP contribution in [0, 0.1) is 0 Å². The van der Waals surface area contributed by atoms with Gasteiger partial charge in [-0.2, -0.15) is 13.2 Å². The number of benzene rings is 1. The fourth-order valence-electron chi connectivity index (χ4n) is 1.63. The van der Waals surface area contributed by atoms with Gasteiger partial charge in [0.15, 0.2) is 0 Å². The molecule has 0 unspecified atom stereocenters. The van der Waals surface area contributed by atoms with Crippen LogP contribution in [0.5, 0.6) is 0 Å². The molecule has 1 N–H and O–H groups in total. The minimum absolute atomic E-state index is 0.109. The Kier molecular flexibility index (Phi) is 4.82. The summed E-state index contributed by atoms with van der Waals surface area (Å²) in [7, 11) is 0. The first-order chi connectivity index (χ1) is 10.4. The molecule has 0 bridgehead atoms. The molecule has 0 fully saturated rings. The van der Waals surface area contributed by atoms with E-state index in [-0.39, 0.29) is 10.6 Å². The first kappa shape index (κ1) is 16.0. The second-order valence-electron chi connectivity index (χ2n) is 4.30. The highest BCUT2D eigenvalue weighted by Crippen LogP contribution is 2.32. The third-order valence-electron chi connectivity index (χ3n) is 2.67. The third-order valence-corrected chi connectivity index (χ3v) is 3.01. The number of halogens is 4. The van der Waals surface area contributed by atoms with Gasteiger partial charge in [-0.15, -0.1) is 0 Å². The van der Waals surface area contributed by atoms with Crippen LogP contribution in [-0.2, 0) is 11.0 Å². The SMILES string of the molecule is O=C(C=Cc1cc(C(F)(F)F)ccc1Cl)Nc1cccnc1. The molecule has 0 aliphatic carbocycles. The molecule has 0 atom stereocenters. The van der Waals surface area contributed by atoms with Gasteiger partial charge >= 0.3 is 6.18 Å². The summed E-state index contributed by atoms with van der Waals surface area (Å²) >= 11 is 5.83. The van der Waals surface area contributed by atoms with E-state index in [2.05, 4.69) is 10.3 Å². The van der Waals surface area contributed by atoms with Gasteiger partial charge in [0.1, 0.15) is 0 Å². The molecule has 3 nitrogen and oxygen atoms in total. The van der Waals surface area contributed by atoms with Gasteiger partial charge in [-0.25, -0.2) is 0 Å². The molecule has 2 aromatic rings. The number of pyridine rings is 1. The highest BCUT2D eigenvalue weighted by atomic mass is 35.5. The zero-order chi connectivity index (χ0) is 16.2. The van der Waals surface area contributed by atoms with Crippen LogP contribution in [0.1, 0.15) is 11.1 Å². The minimum atomic E-state index is -4.47. The molecule has 7 heteroatoms. The predicted octanol–water partition coefficient (Wildman–Crippen LogP) is 4.41. The summed E-state index contributed by atoms with van der Waals surface area (Å²) in [4.78, 5) is 15.5. The average Bonchev–Trinajstić information content (AvgIpc) is 2.46. The van der Waals surface area contributed by atoms with E-state index in [1.54, 1.807) is 18.3 Å². The highest BCUT2D eigenvalue weighted by Gasteiger charge is 2.30. The zero-order valence-corrected chi connectivity index (χ0v) is 11.8. The molecule has 1 aromatic heterocycles. The van der Waals surface area contributed by atoms with Crippen molar-refractivity contribution >= 4 is 29.3 Å². The fourth-order valence-corrected chi connectivity index (χ4v) is 1.81. The molecular weight excluding hydrogens is 317 g/mol. The molecule has 0 saturated carbocycles. The number of aromatic nitrogens is 1. The Bertz CT molecular complexity index is 700. The van der Waals surface area contributed by atoms with Crippen LogP contribution in [0.3, 0.4) is 0 Å². The molecular formula is C15H10ClF3N2O. The van der Waals surface area contributed by atoms with Gasteiger partial charge in [-0.05, 0) is 42.0 Å². The average molecular weight is 327 g/mol. The number of anilines is 1. The molecule has 1 amide bonds. The number of carbonyl (C=O) groups excluding carboxylic acids is 1. The Morgan fingerprint density at radius 3 is 2.68 bits per heavy atom. The van der Waals surface area contributed by atoms with Crippen molar-refractivity contribution in [1.29, 1.82) is 0 Å². The number of amides is 1. The Morgan fingerprint density at radius 1 is 1.27 bits per heavy atom. The van der Waals surface area contributed by atoms with Crippen LogP contribution >= 0.6 is 11.6 Å². The first-order valence-corrected chi connectivity index (χ1v) is 6.50. The second-order valence-corrected chi connectivity index (χ2v) is 4.71. The summed E-state index contributed by atoms with van der Waals surface area (Å²) in [5.41, 5.74) is -0.241. The van der Waals surface area contributed by atoms with Crippen molar-refractivity contribution in [3.63, 3.8) is 0 Å². The van der Waals surface area contributed by atoms with E-state index in [1.807, 2.05) is 0 Å². The van der Waals surface area contributed by atoms with Crippen LogP contribution < -0.4 is 5.32 Å². The lowest BCUT2D eigenvalue weighted by molar-refractivity contribution is -0.137. The van der Waals surface area contributed by atoms with Gasteiger partial charge in [0, 0.05) is 17.3 Å². The van der Waals surface area contributed by atoms with E-state index in [0.717, 1.165) is 24.3 Å². The van der Waals surface area contributed by atoms with E-state index in [1.165, 1.54) is 12.3 Å². The molecule has 1 heterocycles. The lowest BCUT2D eigenvalue weighted by atomic mass is 10.1. The van der Waals surface area contributed by atoms with Crippen molar-refractivity contribution in [3.05, 3.63) is 65.0 Å². The van der Waals surface area contributed by atoms with Crippen molar-refractivity contribution in [1.82, 2.24) is 4.98 Å². The van der Waals surface area contributed by atoms with Crippen LogP contribution in [0.15, 0.2) is 48.8 Å². The third kappa shape index (κ3) is 4.33. The number of alkyl halides is 3. The maximum atomic E-state index is 12.6. The largest absolute Gasteiger partial charge is 0.416 e. The molecule has 2 rings (SSSR count). The minimum Gasteiger partial charge on any atom is -0.321 e. The van der Waals surface area contributed by atoms with Gasteiger partial charge in [-0.1, -0.05) is 11.6 Å². The van der Waals surface area contributed by atoms with Crippen molar-refractivity contribution < 1.29 is 18.0 Å². The topological polar surface area (TPSA) is 42.0 Å². The lowest BCUT2D eigenvalue weighted by Crippen LogP contribution is -2.08. The molecule has 1 aromatic carbocycles. The summed E-state index contributed by atoms with van der Waals surface area (Å²) < 4.78 is 37.9. The number of nitrogens with zero attached hydrogens (tertiary/aromatic N) is 1. The van der Waals surface area contributed by atoms with Crippen molar-refractivity contribution in [3.8, 4) is 0 Å². The molecule has 0 spiro atoms. The summed E-state index contributed by atoms with van der Waals surface area (Å²) in [5, 5.41) is 2.65. The van der Waals surface area contributed by atoms with Gasteiger partial charge in [0.25, 0.3) is 0 Å². The van der Waals surface area contributed by atoms with Crippen molar-refractivity contribution in [2.75, 3.05) is 5.32 Å². The summed E-state index contributed by atoms with van der Waals surface area (Å²) in [6.45, 7) is 0. The number of hydrogen-bond acceptors (Lipinski definition) is 2. The van der Waals surface area contributed by atoms with Crippen molar-refractivity contribution in [2.45, 2.75) is 6.18 Å². The molecule has 0 aliphatic heterocycles. The van der Waals surface area contributed by atoms with E-state index < -0.39 is 17.6 Å². The molecule has 0 saturated heterocycles. The van der Waals surface area contributed by atoms with Crippen LogP contribution in [0.4, 0.5) is 18.9 Å². The monoisotopic (exact) mass is 326 g/mol. The van der Waals surface area contributed by atoms with Crippen LogP contribution in [0.2, 0.25) is 5.02 Å². The Hall–Kier alpha value is -2.34. The highest BCUT2D eigenvalue weighted by molar-refractivity contribution is 6.32. The first-order valence-electron chi connectivity index (χ1n) is 6.12. The molecule has 0 radical (unpaired) electrons. The number of rotatable bonds is 3. The summed E-state index contributed by atoms with van der Waals surface area (Å²) in [6, 6.07) is 6.19. The molecule has 0 aliphatic rings. The van der Waals surface area contributed by atoms with Gasteiger partial charge in [0.2, 0.25) is 5.91 Å². The fraction of sp³-hybridized carbons (Fsp3) is 0.0667. The normalized spacial score (nSPS) is 11.6. The standard InChI is InChI=1S/C15H10ClF3N2O/c16-13-5-4-11(15(17,18)19)8-10(13)3-6-14(22)21-12-2-1-7-20-9-12/h1-9H,(H,21,22). The smallest absolute Gasteiger partial charge is 0.321 e. The Balaban J connectivity index is 2.14. The van der Waals surface area contributed by atoms with Crippen LogP contribution in [0.25, 0.3) is 6.08 Å². The van der Waals surface area contributed by atoms with Gasteiger partial charge in [-0.3, -0.25) is 9.78 Å². The number of carbonyl (C=O) groups is 1. The van der Waals surface area contributed by atoms with Gasteiger partial charge in [0.05, 0.1) is 17.4 Å². The quantitative estimate of drug-likeness (QED) is 0.849. The summed E-state index contributed by atoms with van der Waals surface area (Å²) in [6.07, 6.45) is 0.861. The van der Waals surface area contributed by atoms with E-state index in [9.17, 15) is 18.0 Å². The maximum absolute atomic E-state index is 12.6. The summed E-state index contributed by atoms with van der Waals surface area (Å²) in [5.74, 6) is -0.499. The predicted molar refractivity (Wildman–Crippen MR) is 78.4 cm³/mol. The zero-order valence-electron chi connectivity index (χ0n) is 11.1. The Labute approximate surface area is 129 Å².